The van der Waals surface area contributed by atoms with Gasteiger partial charge in [0.05, 0.1) is 0 Å². The molecule has 1 aliphatic carbocycles. The van der Waals surface area contributed by atoms with Crippen molar-refractivity contribution in [1.29, 1.82) is 0 Å². The largest absolute Gasteiger partial charge is 0.326 e. The van der Waals surface area contributed by atoms with E-state index in [1.807, 2.05) is 0 Å². The van der Waals surface area contributed by atoms with E-state index in [0.29, 0.717) is 12.1 Å². The molecule has 2 aliphatic rings. The Morgan fingerprint density at radius 3 is 2.53 bits per heavy atom. The molecule has 0 aromatic heterocycles. The maximum atomic E-state index is 6.30. The van der Waals surface area contributed by atoms with Crippen LogP contribution in [0.5, 0.6) is 0 Å². The molecule has 4 unspecified atom stereocenters. The number of nitrogens with two attached hydrogens (primary N) is 1. The first-order chi connectivity index (χ1) is 7.24. The molecule has 2 heteroatoms. The highest BCUT2D eigenvalue weighted by Gasteiger charge is 2.37. The maximum absolute atomic E-state index is 6.30. The summed E-state index contributed by atoms with van der Waals surface area (Å²) in [5.74, 6) is 0. The molecular formula is C13H26N2. The molecule has 88 valence electrons. The zero-order valence-corrected chi connectivity index (χ0v) is 10.3. The first kappa shape index (κ1) is 11.4. The molecule has 1 saturated heterocycles. The second-order valence-corrected chi connectivity index (χ2v) is 5.45. The van der Waals surface area contributed by atoms with Crippen molar-refractivity contribution in [2.24, 2.45) is 5.73 Å². The minimum atomic E-state index is 0.438. The third kappa shape index (κ3) is 2.21. The number of likely N-dealkylation sites (tertiary alicyclic amines) is 1. The molecule has 2 nitrogen and oxygen atoms in total. The molecule has 2 rings (SSSR count). The number of rotatable bonds is 2. The summed E-state index contributed by atoms with van der Waals surface area (Å²) in [7, 11) is 0. The Labute approximate surface area is 94.2 Å². The van der Waals surface area contributed by atoms with Gasteiger partial charge in [-0.2, -0.15) is 0 Å². The SMILES string of the molecule is CCC1CCC(C)N1C1CCCCC1N. The van der Waals surface area contributed by atoms with Crippen molar-refractivity contribution < 1.29 is 0 Å². The molecule has 0 spiro atoms. The topological polar surface area (TPSA) is 29.3 Å². The van der Waals surface area contributed by atoms with Gasteiger partial charge in [0.25, 0.3) is 0 Å². The van der Waals surface area contributed by atoms with Gasteiger partial charge in [-0.3, -0.25) is 4.90 Å². The minimum absolute atomic E-state index is 0.438. The summed E-state index contributed by atoms with van der Waals surface area (Å²) < 4.78 is 0. The lowest BCUT2D eigenvalue weighted by Crippen LogP contribution is -2.53. The van der Waals surface area contributed by atoms with Crippen LogP contribution >= 0.6 is 0 Å². The molecule has 0 bridgehead atoms. The van der Waals surface area contributed by atoms with Gasteiger partial charge in [-0.15, -0.1) is 0 Å². The Morgan fingerprint density at radius 1 is 1.13 bits per heavy atom. The Bertz CT molecular complexity index is 205. The van der Waals surface area contributed by atoms with E-state index in [1.165, 1.54) is 44.9 Å². The quantitative estimate of drug-likeness (QED) is 0.759. The van der Waals surface area contributed by atoms with Gasteiger partial charge in [-0.1, -0.05) is 19.8 Å². The van der Waals surface area contributed by atoms with Gasteiger partial charge in [-0.25, -0.2) is 0 Å². The fraction of sp³-hybridized carbons (Fsp3) is 1.00. The lowest BCUT2D eigenvalue weighted by atomic mass is 9.89. The van der Waals surface area contributed by atoms with Crippen molar-refractivity contribution in [3.05, 3.63) is 0 Å². The first-order valence-electron chi connectivity index (χ1n) is 6.77. The highest BCUT2D eigenvalue weighted by molar-refractivity contribution is 4.95. The normalized spacial score (nSPS) is 43.4. The predicted molar refractivity (Wildman–Crippen MR) is 64.8 cm³/mol. The molecule has 2 N–H and O–H groups in total. The van der Waals surface area contributed by atoms with Crippen LogP contribution in [0.2, 0.25) is 0 Å². The molecule has 2 fully saturated rings. The van der Waals surface area contributed by atoms with E-state index in [0.717, 1.165) is 12.1 Å². The Hall–Kier alpha value is -0.0800. The number of hydrogen-bond donors (Lipinski definition) is 1. The van der Waals surface area contributed by atoms with E-state index in [9.17, 15) is 0 Å². The third-order valence-corrected chi connectivity index (χ3v) is 4.48. The average Bonchev–Trinajstić information content (AvgIpc) is 2.60. The van der Waals surface area contributed by atoms with Gasteiger partial charge in [-0.05, 0) is 39.0 Å². The lowest BCUT2D eigenvalue weighted by Gasteiger charge is -2.41. The summed E-state index contributed by atoms with van der Waals surface area (Å²) in [6, 6.07) is 2.70. The molecule has 0 radical (unpaired) electrons. The van der Waals surface area contributed by atoms with Crippen LogP contribution in [0.25, 0.3) is 0 Å². The van der Waals surface area contributed by atoms with Crippen molar-refractivity contribution in [3.63, 3.8) is 0 Å². The second-order valence-electron chi connectivity index (χ2n) is 5.45. The van der Waals surface area contributed by atoms with Crippen molar-refractivity contribution in [2.75, 3.05) is 0 Å². The Morgan fingerprint density at radius 2 is 1.87 bits per heavy atom. The molecule has 0 amide bonds. The average molecular weight is 210 g/mol. The van der Waals surface area contributed by atoms with Crippen molar-refractivity contribution in [3.8, 4) is 0 Å². The number of hydrogen-bond acceptors (Lipinski definition) is 2. The highest BCUT2D eigenvalue weighted by atomic mass is 15.2. The van der Waals surface area contributed by atoms with Gasteiger partial charge >= 0.3 is 0 Å². The van der Waals surface area contributed by atoms with Gasteiger partial charge in [0.1, 0.15) is 0 Å². The van der Waals surface area contributed by atoms with E-state index < -0.39 is 0 Å². The van der Waals surface area contributed by atoms with E-state index >= 15 is 0 Å². The first-order valence-corrected chi connectivity index (χ1v) is 6.77. The summed E-state index contributed by atoms with van der Waals surface area (Å²) in [6.07, 6.45) is 9.37. The highest BCUT2D eigenvalue weighted by Crippen LogP contribution is 2.33. The summed E-state index contributed by atoms with van der Waals surface area (Å²) in [5.41, 5.74) is 6.30. The zero-order chi connectivity index (χ0) is 10.8. The van der Waals surface area contributed by atoms with Gasteiger partial charge in [0.15, 0.2) is 0 Å². The van der Waals surface area contributed by atoms with Crippen LogP contribution in [0.1, 0.15) is 58.8 Å². The van der Waals surface area contributed by atoms with Crippen molar-refractivity contribution in [1.82, 2.24) is 4.90 Å². The van der Waals surface area contributed by atoms with Crippen LogP contribution in [0, 0.1) is 0 Å². The van der Waals surface area contributed by atoms with Crippen LogP contribution in [0.3, 0.4) is 0 Å². The summed E-state index contributed by atoms with van der Waals surface area (Å²) in [6.45, 7) is 4.71. The molecule has 1 aliphatic heterocycles. The molecule has 4 atom stereocenters. The molecule has 1 heterocycles. The van der Waals surface area contributed by atoms with Crippen LogP contribution in [0.15, 0.2) is 0 Å². The molecule has 0 aromatic rings. The zero-order valence-electron chi connectivity index (χ0n) is 10.3. The van der Waals surface area contributed by atoms with Crippen molar-refractivity contribution >= 4 is 0 Å². The third-order valence-electron chi connectivity index (χ3n) is 4.48. The monoisotopic (exact) mass is 210 g/mol. The lowest BCUT2D eigenvalue weighted by molar-refractivity contribution is 0.0890. The molecule has 1 saturated carbocycles. The molecule has 0 aromatic carbocycles. The fourth-order valence-electron chi connectivity index (χ4n) is 3.61. The van der Waals surface area contributed by atoms with Gasteiger partial charge in [0, 0.05) is 24.2 Å². The standard InChI is InChI=1S/C13H26N2/c1-3-11-9-8-10(2)15(11)13-7-5-4-6-12(13)14/h10-13H,3-9,14H2,1-2H3. The van der Waals surface area contributed by atoms with E-state index in [-0.39, 0.29) is 0 Å². The minimum Gasteiger partial charge on any atom is -0.326 e. The molecule has 15 heavy (non-hydrogen) atoms. The number of nitrogens with zero attached hydrogens (tertiary/aromatic N) is 1. The van der Waals surface area contributed by atoms with E-state index in [2.05, 4.69) is 18.7 Å². The maximum Gasteiger partial charge on any atom is 0.0252 e. The van der Waals surface area contributed by atoms with Crippen molar-refractivity contribution in [2.45, 2.75) is 83.0 Å². The van der Waals surface area contributed by atoms with Crippen LogP contribution in [-0.2, 0) is 0 Å². The second kappa shape index (κ2) is 4.84. The Balaban J connectivity index is 2.05. The summed E-state index contributed by atoms with van der Waals surface area (Å²) in [4.78, 5) is 2.75. The molecular weight excluding hydrogens is 184 g/mol. The smallest absolute Gasteiger partial charge is 0.0252 e. The predicted octanol–water partition coefficient (Wildman–Crippen LogP) is 2.52. The van der Waals surface area contributed by atoms with Crippen LogP contribution < -0.4 is 5.73 Å². The van der Waals surface area contributed by atoms with Crippen LogP contribution in [-0.4, -0.2) is 29.1 Å². The summed E-state index contributed by atoms with van der Waals surface area (Å²) >= 11 is 0. The van der Waals surface area contributed by atoms with Gasteiger partial charge in [0.2, 0.25) is 0 Å². The summed E-state index contributed by atoms with van der Waals surface area (Å²) in [5, 5.41) is 0. The van der Waals surface area contributed by atoms with E-state index in [1.54, 1.807) is 0 Å². The van der Waals surface area contributed by atoms with Gasteiger partial charge < -0.3 is 5.73 Å². The fourth-order valence-corrected chi connectivity index (χ4v) is 3.61. The Kier molecular flexibility index (Phi) is 3.68. The van der Waals surface area contributed by atoms with Crippen LogP contribution in [0.4, 0.5) is 0 Å². The van der Waals surface area contributed by atoms with E-state index in [4.69, 9.17) is 5.73 Å².